The summed E-state index contributed by atoms with van der Waals surface area (Å²) in [5.74, 6) is 0.364. The number of amides is 1. The number of nitrogens with one attached hydrogen (secondary N) is 1. The van der Waals surface area contributed by atoms with E-state index in [0.717, 1.165) is 5.69 Å². The third-order valence-corrected chi connectivity index (χ3v) is 5.28. The largest absolute Gasteiger partial charge is 0.337 e. The van der Waals surface area contributed by atoms with Gasteiger partial charge in [0, 0.05) is 0 Å². The van der Waals surface area contributed by atoms with Gasteiger partial charge in [-0.25, -0.2) is 0 Å². The van der Waals surface area contributed by atoms with Crippen LogP contribution in [0.5, 0.6) is 0 Å². The molecule has 0 radical (unpaired) electrons. The topological polar surface area (TPSA) is 96.5 Å². The van der Waals surface area contributed by atoms with E-state index < -0.39 is 5.54 Å². The molecule has 0 saturated heterocycles. The fraction of sp³-hybridized carbons (Fsp3) is 0.500. The molecule has 1 N–H and O–H groups in total. The molecule has 8 heteroatoms. The van der Waals surface area contributed by atoms with Crippen LogP contribution in [-0.2, 0) is 4.79 Å². The highest BCUT2D eigenvalue weighted by molar-refractivity contribution is 7.99. The summed E-state index contributed by atoms with van der Waals surface area (Å²) >= 11 is 1.24. The lowest BCUT2D eigenvalue weighted by Crippen LogP contribution is -2.49. The maximum Gasteiger partial charge on any atom is 0.231 e. The van der Waals surface area contributed by atoms with E-state index in [9.17, 15) is 10.1 Å². The molecule has 0 bridgehead atoms. The molecule has 7 nitrogen and oxygen atoms in total. The van der Waals surface area contributed by atoms with E-state index in [1.54, 1.807) is 11.6 Å². The third-order valence-electron chi connectivity index (χ3n) is 4.36. The predicted octanol–water partition coefficient (Wildman–Crippen LogP) is 2.93. The molecule has 1 aromatic carbocycles. The number of nitrogens with zero attached hydrogens (tertiary/aromatic N) is 5. The van der Waals surface area contributed by atoms with Gasteiger partial charge in [-0.1, -0.05) is 51.6 Å². The van der Waals surface area contributed by atoms with Gasteiger partial charge in [-0.2, -0.15) is 9.94 Å². The molecular weight excluding hydrogens is 348 g/mol. The maximum atomic E-state index is 12.2. The molecule has 138 valence electrons. The molecule has 1 amide bonds. The minimum Gasteiger partial charge on any atom is -0.337 e. The van der Waals surface area contributed by atoms with Crippen molar-refractivity contribution in [1.82, 2.24) is 25.5 Å². The first-order valence-electron chi connectivity index (χ1n) is 8.50. The SMILES string of the molecule is CC(C)c1ccc(-n2nnnc2SCC(=O)N[C@](C)(C#N)C(C)C)cc1. The Morgan fingerprint density at radius 1 is 1.31 bits per heavy atom. The number of thioether (sulfide) groups is 1. The van der Waals surface area contributed by atoms with Gasteiger partial charge in [0.05, 0.1) is 17.5 Å². The van der Waals surface area contributed by atoms with E-state index in [0.29, 0.717) is 11.1 Å². The van der Waals surface area contributed by atoms with Crippen molar-refractivity contribution in [3.63, 3.8) is 0 Å². The van der Waals surface area contributed by atoms with Gasteiger partial charge in [-0.05, 0) is 46.9 Å². The van der Waals surface area contributed by atoms with Crippen LogP contribution in [0.15, 0.2) is 29.4 Å². The Morgan fingerprint density at radius 3 is 2.50 bits per heavy atom. The zero-order valence-electron chi connectivity index (χ0n) is 15.7. The van der Waals surface area contributed by atoms with Crippen molar-refractivity contribution in [1.29, 1.82) is 5.26 Å². The number of rotatable bonds is 7. The molecule has 0 aliphatic rings. The summed E-state index contributed by atoms with van der Waals surface area (Å²) in [5, 5.41) is 24.3. The number of nitriles is 1. The van der Waals surface area contributed by atoms with Crippen LogP contribution in [0.4, 0.5) is 0 Å². The van der Waals surface area contributed by atoms with E-state index >= 15 is 0 Å². The number of tetrazole rings is 1. The fourth-order valence-corrected chi connectivity index (χ4v) is 2.88. The van der Waals surface area contributed by atoms with Crippen molar-refractivity contribution in [2.75, 3.05) is 5.75 Å². The smallest absolute Gasteiger partial charge is 0.231 e. The highest BCUT2D eigenvalue weighted by Crippen LogP contribution is 2.21. The number of carbonyl (C=O) groups is 1. The number of benzene rings is 1. The third kappa shape index (κ3) is 4.61. The van der Waals surface area contributed by atoms with Crippen LogP contribution in [-0.4, -0.2) is 37.4 Å². The summed E-state index contributed by atoms with van der Waals surface area (Å²) in [6.07, 6.45) is 0. The molecule has 0 saturated carbocycles. The van der Waals surface area contributed by atoms with Crippen molar-refractivity contribution in [3.8, 4) is 11.8 Å². The van der Waals surface area contributed by atoms with Crippen molar-refractivity contribution in [2.24, 2.45) is 5.92 Å². The minimum atomic E-state index is -0.893. The average molecular weight is 372 g/mol. The molecule has 1 heterocycles. The molecule has 0 unspecified atom stereocenters. The summed E-state index contributed by atoms with van der Waals surface area (Å²) in [6.45, 7) is 9.80. The summed E-state index contributed by atoms with van der Waals surface area (Å²) < 4.78 is 1.61. The first-order chi connectivity index (χ1) is 12.3. The van der Waals surface area contributed by atoms with Gasteiger partial charge >= 0.3 is 0 Å². The Bertz CT molecular complexity index is 793. The normalized spacial score (nSPS) is 13.5. The molecule has 1 aromatic heterocycles. The van der Waals surface area contributed by atoms with Gasteiger partial charge in [-0.15, -0.1) is 5.10 Å². The maximum absolute atomic E-state index is 12.2. The number of aromatic nitrogens is 4. The summed E-state index contributed by atoms with van der Waals surface area (Å²) in [6, 6.07) is 10.2. The van der Waals surface area contributed by atoms with E-state index in [-0.39, 0.29) is 17.6 Å². The Hall–Kier alpha value is -2.40. The Morgan fingerprint density at radius 2 is 1.96 bits per heavy atom. The molecule has 1 atom stereocenters. The van der Waals surface area contributed by atoms with Gasteiger partial charge < -0.3 is 5.32 Å². The van der Waals surface area contributed by atoms with E-state index in [2.05, 4.69) is 40.8 Å². The quantitative estimate of drug-likeness (QED) is 0.751. The first kappa shape index (κ1) is 19.9. The van der Waals surface area contributed by atoms with Crippen molar-refractivity contribution >= 4 is 17.7 Å². The minimum absolute atomic E-state index is 0.00578. The molecule has 2 rings (SSSR count). The van der Waals surface area contributed by atoms with Gasteiger partial charge in [0.1, 0.15) is 5.54 Å². The molecular formula is C18H24N6OS. The van der Waals surface area contributed by atoms with E-state index in [4.69, 9.17) is 0 Å². The van der Waals surface area contributed by atoms with Crippen LogP contribution in [0.2, 0.25) is 0 Å². The van der Waals surface area contributed by atoms with Gasteiger partial charge in [0.2, 0.25) is 11.1 Å². The predicted molar refractivity (Wildman–Crippen MR) is 101 cm³/mol. The second-order valence-electron chi connectivity index (χ2n) is 6.93. The zero-order valence-corrected chi connectivity index (χ0v) is 16.5. The number of hydrogen-bond donors (Lipinski definition) is 1. The molecule has 0 spiro atoms. The summed E-state index contributed by atoms with van der Waals surface area (Å²) in [7, 11) is 0. The fourth-order valence-electron chi connectivity index (χ4n) is 2.19. The number of hydrogen-bond acceptors (Lipinski definition) is 6. The van der Waals surface area contributed by atoms with Gasteiger partial charge in [0.25, 0.3) is 0 Å². The van der Waals surface area contributed by atoms with Crippen molar-refractivity contribution in [3.05, 3.63) is 29.8 Å². The first-order valence-corrected chi connectivity index (χ1v) is 9.49. The molecule has 0 fully saturated rings. The van der Waals surface area contributed by atoms with E-state index in [1.807, 2.05) is 38.1 Å². The summed E-state index contributed by atoms with van der Waals surface area (Å²) in [4.78, 5) is 12.2. The average Bonchev–Trinajstić information content (AvgIpc) is 3.08. The van der Waals surface area contributed by atoms with Crippen LogP contribution >= 0.6 is 11.8 Å². The lowest BCUT2D eigenvalue weighted by atomic mass is 9.90. The van der Waals surface area contributed by atoms with Crippen LogP contribution in [0.3, 0.4) is 0 Å². The molecule has 2 aromatic rings. The van der Waals surface area contributed by atoms with Crippen LogP contribution in [0.1, 0.15) is 46.1 Å². The van der Waals surface area contributed by atoms with Crippen LogP contribution in [0.25, 0.3) is 5.69 Å². The van der Waals surface area contributed by atoms with Crippen LogP contribution in [0, 0.1) is 17.2 Å². The van der Waals surface area contributed by atoms with Crippen molar-refractivity contribution < 1.29 is 4.79 Å². The standard InChI is InChI=1S/C18H24N6OS/c1-12(2)14-6-8-15(9-7-14)24-17(21-22-23-24)26-10-16(25)20-18(5,11-19)13(3)4/h6-9,12-13H,10H2,1-5H3,(H,20,25)/t18-/m1/s1. The molecule has 0 aliphatic carbocycles. The highest BCUT2D eigenvalue weighted by Gasteiger charge is 2.30. The van der Waals surface area contributed by atoms with Gasteiger partial charge in [-0.3, -0.25) is 4.79 Å². The Kier molecular flexibility index (Phi) is 6.37. The summed E-state index contributed by atoms with van der Waals surface area (Å²) in [5.41, 5.74) is 1.18. The van der Waals surface area contributed by atoms with Crippen molar-refractivity contribution in [2.45, 2.75) is 51.2 Å². The lowest BCUT2D eigenvalue weighted by Gasteiger charge is -2.27. The number of carbonyl (C=O) groups excluding carboxylic acids is 1. The second kappa shape index (κ2) is 8.32. The highest BCUT2D eigenvalue weighted by atomic mass is 32.2. The van der Waals surface area contributed by atoms with E-state index in [1.165, 1.54) is 17.3 Å². The monoisotopic (exact) mass is 372 g/mol. The van der Waals surface area contributed by atoms with Gasteiger partial charge in [0.15, 0.2) is 0 Å². The Labute approximate surface area is 158 Å². The Balaban J connectivity index is 2.05. The van der Waals surface area contributed by atoms with Crippen LogP contribution < -0.4 is 5.32 Å². The molecule has 26 heavy (non-hydrogen) atoms. The zero-order chi connectivity index (χ0) is 19.3. The second-order valence-corrected chi connectivity index (χ2v) is 7.87. The molecule has 0 aliphatic heterocycles. The lowest BCUT2D eigenvalue weighted by molar-refractivity contribution is -0.120.